The lowest BCUT2D eigenvalue weighted by molar-refractivity contribution is -0.120. The Hall–Kier alpha value is -1.39. The average Bonchev–Trinajstić information content (AvgIpc) is 2.48. The summed E-state index contributed by atoms with van der Waals surface area (Å²) in [7, 11) is 0. The Morgan fingerprint density at radius 3 is 2.32 bits per heavy atom. The first-order valence-electron chi connectivity index (χ1n) is 8.26. The summed E-state index contributed by atoms with van der Waals surface area (Å²) < 4.78 is 0. The van der Waals surface area contributed by atoms with Crippen LogP contribution in [0.2, 0.25) is 0 Å². The molecule has 0 radical (unpaired) electrons. The second kappa shape index (κ2) is 7.75. The van der Waals surface area contributed by atoms with Gasteiger partial charge in [0.05, 0.1) is 12.6 Å². The van der Waals surface area contributed by atoms with E-state index in [-0.39, 0.29) is 18.1 Å². The van der Waals surface area contributed by atoms with Gasteiger partial charge in [0.25, 0.3) is 0 Å². The van der Waals surface area contributed by atoms with Crippen LogP contribution in [0.5, 0.6) is 0 Å². The molecule has 0 spiro atoms. The number of carbonyl (C=O) groups excluding carboxylic acids is 1. The van der Waals surface area contributed by atoms with Gasteiger partial charge in [-0.05, 0) is 64.8 Å². The average molecular weight is 304 g/mol. The molecule has 4 heteroatoms. The van der Waals surface area contributed by atoms with Crippen molar-refractivity contribution in [3.8, 4) is 0 Å². The number of anilines is 1. The first kappa shape index (κ1) is 17.0. The van der Waals surface area contributed by atoms with Gasteiger partial charge in [-0.3, -0.25) is 9.69 Å². The Bertz CT molecular complexity index is 465. The lowest BCUT2D eigenvalue weighted by Crippen LogP contribution is -2.46. The summed E-state index contributed by atoms with van der Waals surface area (Å²) in [5.41, 5.74) is 0.960. The van der Waals surface area contributed by atoms with E-state index in [0.29, 0.717) is 12.5 Å². The molecule has 0 aromatic heterocycles. The van der Waals surface area contributed by atoms with Crippen LogP contribution >= 0.6 is 0 Å². The second-order valence-electron chi connectivity index (χ2n) is 6.55. The maximum absolute atomic E-state index is 12.7. The van der Waals surface area contributed by atoms with Crippen molar-refractivity contribution in [1.29, 1.82) is 0 Å². The van der Waals surface area contributed by atoms with Gasteiger partial charge in [-0.2, -0.15) is 0 Å². The Kier molecular flexibility index (Phi) is 5.98. The molecule has 0 saturated carbocycles. The predicted molar refractivity (Wildman–Crippen MR) is 89.9 cm³/mol. The van der Waals surface area contributed by atoms with E-state index in [4.69, 9.17) is 0 Å². The van der Waals surface area contributed by atoms with E-state index in [0.717, 1.165) is 31.6 Å². The number of hydrogen-bond acceptors (Lipinski definition) is 3. The van der Waals surface area contributed by atoms with Crippen LogP contribution in [0.4, 0.5) is 5.69 Å². The van der Waals surface area contributed by atoms with Crippen LogP contribution in [0.25, 0.3) is 0 Å². The first-order chi connectivity index (χ1) is 10.5. The molecule has 22 heavy (non-hydrogen) atoms. The molecule has 1 N–H and O–H groups in total. The van der Waals surface area contributed by atoms with Crippen molar-refractivity contribution in [3.05, 3.63) is 30.3 Å². The number of carbonyl (C=O) groups is 1. The van der Waals surface area contributed by atoms with Crippen LogP contribution in [0.15, 0.2) is 30.3 Å². The van der Waals surface area contributed by atoms with Gasteiger partial charge in [0.1, 0.15) is 0 Å². The van der Waals surface area contributed by atoms with Crippen LogP contribution in [0, 0.1) is 5.92 Å². The van der Waals surface area contributed by atoms with Crippen LogP contribution in [-0.2, 0) is 4.79 Å². The zero-order valence-corrected chi connectivity index (χ0v) is 13.9. The first-order valence-corrected chi connectivity index (χ1v) is 8.26. The molecule has 0 bridgehead atoms. The third-order valence-electron chi connectivity index (χ3n) is 4.49. The summed E-state index contributed by atoms with van der Waals surface area (Å²) in [5.74, 6) is 0.526. The molecule has 1 aromatic carbocycles. The molecule has 1 saturated heterocycles. The number of aliphatic hydroxyl groups excluding tert-OH is 1. The number of amides is 1. The highest BCUT2D eigenvalue weighted by atomic mass is 16.3. The Morgan fingerprint density at radius 2 is 1.82 bits per heavy atom. The summed E-state index contributed by atoms with van der Waals surface area (Å²) >= 11 is 0. The number of aliphatic hydroxyl groups is 1. The van der Waals surface area contributed by atoms with Gasteiger partial charge in [0.2, 0.25) is 5.91 Å². The van der Waals surface area contributed by atoms with Crippen molar-refractivity contribution in [2.45, 2.75) is 45.8 Å². The Morgan fingerprint density at radius 1 is 1.23 bits per heavy atom. The standard InChI is InChI=1S/C18H28N2O2/c1-14(2)20(17-7-5-4-6-8-17)18(22)13-19-11-9-16(10-12-19)15(3)21/h4-8,14-16,21H,9-13H2,1-3H3. The fourth-order valence-electron chi connectivity index (χ4n) is 3.18. The summed E-state index contributed by atoms with van der Waals surface area (Å²) in [6, 6.07) is 10.0. The highest BCUT2D eigenvalue weighted by Crippen LogP contribution is 2.22. The highest BCUT2D eigenvalue weighted by molar-refractivity contribution is 5.95. The van der Waals surface area contributed by atoms with Gasteiger partial charge in [0, 0.05) is 11.7 Å². The summed E-state index contributed by atoms with van der Waals surface area (Å²) in [6.07, 6.45) is 1.70. The number of rotatable bonds is 5. The normalized spacial score (nSPS) is 18.4. The van der Waals surface area contributed by atoms with Crippen molar-refractivity contribution >= 4 is 11.6 Å². The lowest BCUT2D eigenvalue weighted by atomic mass is 9.92. The summed E-state index contributed by atoms with van der Waals surface area (Å²) in [5, 5.41) is 9.66. The van der Waals surface area contributed by atoms with Crippen molar-refractivity contribution in [2.24, 2.45) is 5.92 Å². The van der Waals surface area contributed by atoms with E-state index in [1.807, 2.05) is 56.0 Å². The van der Waals surface area contributed by atoms with Gasteiger partial charge >= 0.3 is 0 Å². The third kappa shape index (κ3) is 4.31. The monoisotopic (exact) mass is 304 g/mol. The predicted octanol–water partition coefficient (Wildman–Crippen LogP) is 2.52. The molecule has 1 fully saturated rings. The van der Waals surface area contributed by atoms with Crippen molar-refractivity contribution in [1.82, 2.24) is 4.90 Å². The maximum atomic E-state index is 12.7. The van der Waals surface area contributed by atoms with Crippen LogP contribution in [-0.4, -0.2) is 47.7 Å². The fraction of sp³-hybridized carbons (Fsp3) is 0.611. The third-order valence-corrected chi connectivity index (χ3v) is 4.49. The molecule has 1 aromatic rings. The number of hydrogen-bond donors (Lipinski definition) is 1. The smallest absolute Gasteiger partial charge is 0.241 e. The topological polar surface area (TPSA) is 43.8 Å². The second-order valence-corrected chi connectivity index (χ2v) is 6.55. The van der Waals surface area contributed by atoms with Gasteiger partial charge in [-0.1, -0.05) is 18.2 Å². The van der Waals surface area contributed by atoms with Crippen molar-refractivity contribution in [2.75, 3.05) is 24.5 Å². The number of nitrogens with zero attached hydrogens (tertiary/aromatic N) is 2. The zero-order valence-electron chi connectivity index (χ0n) is 13.9. The molecule has 0 aliphatic carbocycles. The van der Waals surface area contributed by atoms with Gasteiger partial charge in [-0.15, -0.1) is 0 Å². The molecular weight excluding hydrogens is 276 g/mol. The van der Waals surface area contributed by atoms with E-state index in [9.17, 15) is 9.90 Å². The zero-order chi connectivity index (χ0) is 16.1. The van der Waals surface area contributed by atoms with E-state index in [2.05, 4.69) is 4.90 Å². The summed E-state index contributed by atoms with van der Waals surface area (Å²) in [6.45, 7) is 8.19. The van der Waals surface area contributed by atoms with Gasteiger partial charge < -0.3 is 10.0 Å². The molecule has 1 aliphatic heterocycles. The molecule has 1 heterocycles. The quantitative estimate of drug-likeness (QED) is 0.909. The number of benzene rings is 1. The molecule has 1 aliphatic rings. The molecule has 1 unspecified atom stereocenters. The van der Waals surface area contributed by atoms with Crippen LogP contribution in [0.1, 0.15) is 33.6 Å². The number of para-hydroxylation sites is 1. The minimum Gasteiger partial charge on any atom is -0.393 e. The number of likely N-dealkylation sites (tertiary alicyclic amines) is 1. The van der Waals surface area contributed by atoms with E-state index in [1.165, 1.54) is 0 Å². The maximum Gasteiger partial charge on any atom is 0.241 e. The van der Waals surface area contributed by atoms with Gasteiger partial charge in [0.15, 0.2) is 0 Å². The lowest BCUT2D eigenvalue weighted by Gasteiger charge is -2.35. The number of piperidine rings is 1. The van der Waals surface area contributed by atoms with Crippen molar-refractivity contribution < 1.29 is 9.90 Å². The molecule has 1 amide bonds. The minimum absolute atomic E-state index is 0.143. The molecule has 1 atom stereocenters. The minimum atomic E-state index is -0.241. The summed E-state index contributed by atoms with van der Waals surface area (Å²) in [4.78, 5) is 16.8. The van der Waals surface area contributed by atoms with E-state index in [1.54, 1.807) is 0 Å². The Balaban J connectivity index is 1.95. The Labute approximate surface area is 133 Å². The molecular formula is C18H28N2O2. The largest absolute Gasteiger partial charge is 0.393 e. The van der Waals surface area contributed by atoms with E-state index < -0.39 is 0 Å². The molecule has 2 rings (SSSR count). The van der Waals surface area contributed by atoms with E-state index >= 15 is 0 Å². The van der Waals surface area contributed by atoms with Gasteiger partial charge in [-0.25, -0.2) is 0 Å². The fourth-order valence-corrected chi connectivity index (χ4v) is 3.18. The SMILES string of the molecule is CC(O)C1CCN(CC(=O)N(c2ccccc2)C(C)C)CC1. The molecule has 122 valence electrons. The molecule has 4 nitrogen and oxygen atoms in total. The highest BCUT2D eigenvalue weighted by Gasteiger charge is 2.26. The van der Waals surface area contributed by atoms with Crippen molar-refractivity contribution in [3.63, 3.8) is 0 Å². The van der Waals surface area contributed by atoms with Crippen LogP contribution in [0.3, 0.4) is 0 Å². The van der Waals surface area contributed by atoms with Crippen LogP contribution < -0.4 is 4.90 Å².